The summed E-state index contributed by atoms with van der Waals surface area (Å²) in [5, 5.41) is 12.4. The minimum atomic E-state index is 0.0109. The zero-order valence-electron chi connectivity index (χ0n) is 11.8. The normalized spacial score (nSPS) is 12.2. The summed E-state index contributed by atoms with van der Waals surface area (Å²) in [7, 11) is 0. The Kier molecular flexibility index (Phi) is 3.06. The van der Waals surface area contributed by atoms with Gasteiger partial charge in [0.2, 0.25) is 5.89 Å². The molecule has 0 fully saturated rings. The van der Waals surface area contributed by atoms with Crippen molar-refractivity contribution in [1.29, 1.82) is 0 Å². The number of nitrogens with one attached hydrogen (secondary N) is 1. The Labute approximate surface area is 117 Å². The molecular formula is C15H17N3O2. The van der Waals surface area contributed by atoms with Gasteiger partial charge in [0, 0.05) is 10.9 Å². The predicted molar refractivity (Wildman–Crippen MR) is 76.1 cm³/mol. The van der Waals surface area contributed by atoms with Gasteiger partial charge in [0.05, 0.1) is 12.1 Å². The highest BCUT2D eigenvalue weighted by molar-refractivity contribution is 5.91. The van der Waals surface area contributed by atoms with Gasteiger partial charge in [-0.3, -0.25) is 0 Å². The first-order valence-electron chi connectivity index (χ1n) is 6.57. The van der Waals surface area contributed by atoms with E-state index in [2.05, 4.69) is 36.3 Å². The Morgan fingerprint density at radius 3 is 2.75 bits per heavy atom. The monoisotopic (exact) mass is 271 g/mol. The van der Waals surface area contributed by atoms with Crippen LogP contribution in [0.2, 0.25) is 0 Å². The lowest BCUT2D eigenvalue weighted by molar-refractivity contribution is 0.383. The van der Waals surface area contributed by atoms with Crippen molar-refractivity contribution in [3.05, 3.63) is 36.4 Å². The fourth-order valence-corrected chi connectivity index (χ4v) is 1.92. The maximum absolute atomic E-state index is 5.69. The van der Waals surface area contributed by atoms with Crippen molar-refractivity contribution >= 4 is 11.0 Å². The zero-order valence-corrected chi connectivity index (χ0v) is 11.8. The molecule has 0 aliphatic heterocycles. The lowest BCUT2D eigenvalue weighted by atomic mass is 10.1. The molecule has 0 aliphatic rings. The third-order valence-electron chi connectivity index (χ3n) is 2.95. The first-order chi connectivity index (χ1) is 9.53. The molecule has 1 aromatic carbocycles. The summed E-state index contributed by atoms with van der Waals surface area (Å²) in [4.78, 5) is 0. The van der Waals surface area contributed by atoms with Crippen molar-refractivity contribution in [2.75, 3.05) is 0 Å². The summed E-state index contributed by atoms with van der Waals surface area (Å²) >= 11 is 0. The molecule has 5 nitrogen and oxygen atoms in total. The molecule has 5 heteroatoms. The number of para-hydroxylation sites is 1. The second-order valence-corrected chi connectivity index (χ2v) is 5.75. The average molecular weight is 271 g/mol. The summed E-state index contributed by atoms with van der Waals surface area (Å²) in [5.41, 5.74) is 1.65. The van der Waals surface area contributed by atoms with E-state index < -0.39 is 0 Å². The van der Waals surface area contributed by atoms with Gasteiger partial charge >= 0.3 is 0 Å². The average Bonchev–Trinajstić information content (AvgIpc) is 3.01. The van der Waals surface area contributed by atoms with E-state index in [0.29, 0.717) is 18.3 Å². The summed E-state index contributed by atoms with van der Waals surface area (Å²) in [6, 6.07) is 7.78. The highest BCUT2D eigenvalue weighted by Crippen LogP contribution is 2.29. The molecule has 0 atom stereocenters. The molecule has 20 heavy (non-hydrogen) atoms. The van der Waals surface area contributed by atoms with E-state index in [1.54, 1.807) is 6.26 Å². The Morgan fingerprint density at radius 2 is 1.95 bits per heavy atom. The molecule has 3 aromatic rings. The quantitative estimate of drug-likeness (QED) is 0.791. The van der Waals surface area contributed by atoms with Gasteiger partial charge in [-0.25, -0.2) is 0 Å². The van der Waals surface area contributed by atoms with Crippen LogP contribution in [0.1, 0.15) is 26.7 Å². The van der Waals surface area contributed by atoms with Crippen LogP contribution in [0, 0.1) is 0 Å². The van der Waals surface area contributed by atoms with Crippen LogP contribution in [0.15, 0.2) is 39.4 Å². The number of benzene rings is 1. The topological polar surface area (TPSA) is 64.1 Å². The molecule has 0 amide bonds. The Balaban J connectivity index is 1.86. The van der Waals surface area contributed by atoms with Crippen molar-refractivity contribution in [2.24, 2.45) is 0 Å². The molecule has 104 valence electrons. The molecule has 0 radical (unpaired) electrons. The van der Waals surface area contributed by atoms with Gasteiger partial charge in [-0.2, -0.15) is 0 Å². The Hall–Kier alpha value is -2.14. The van der Waals surface area contributed by atoms with Crippen LogP contribution in [0.25, 0.3) is 22.4 Å². The van der Waals surface area contributed by atoms with Gasteiger partial charge in [0.1, 0.15) is 11.8 Å². The minimum Gasteiger partial charge on any atom is -0.463 e. The largest absolute Gasteiger partial charge is 0.463 e. The third-order valence-corrected chi connectivity index (χ3v) is 2.95. The molecule has 2 heterocycles. The van der Waals surface area contributed by atoms with E-state index in [4.69, 9.17) is 8.83 Å². The number of furan rings is 1. The summed E-state index contributed by atoms with van der Waals surface area (Å²) in [6.07, 6.45) is 1.65. The van der Waals surface area contributed by atoms with Crippen LogP contribution in [0.3, 0.4) is 0 Å². The summed E-state index contributed by atoms with van der Waals surface area (Å²) < 4.78 is 11.2. The van der Waals surface area contributed by atoms with E-state index in [-0.39, 0.29) is 5.54 Å². The molecule has 0 spiro atoms. The number of fused-ring (bicyclic) bond motifs is 1. The van der Waals surface area contributed by atoms with E-state index in [9.17, 15) is 0 Å². The highest BCUT2D eigenvalue weighted by atomic mass is 16.4. The van der Waals surface area contributed by atoms with Gasteiger partial charge in [0.15, 0.2) is 0 Å². The second-order valence-electron chi connectivity index (χ2n) is 5.75. The van der Waals surface area contributed by atoms with Gasteiger partial charge in [0.25, 0.3) is 5.89 Å². The molecular weight excluding hydrogens is 254 g/mol. The van der Waals surface area contributed by atoms with E-state index in [1.807, 2.05) is 24.3 Å². The first-order valence-corrected chi connectivity index (χ1v) is 6.57. The standard InChI is InChI=1S/C15H17N3O2/c1-15(2,3)16-8-13-17-18-14(20-13)11-9-19-12-7-5-4-6-10(11)12/h4-7,9,16H,8H2,1-3H3. The maximum Gasteiger partial charge on any atom is 0.251 e. The number of aromatic nitrogens is 2. The van der Waals surface area contributed by atoms with E-state index in [1.165, 1.54) is 0 Å². The number of hydrogen-bond donors (Lipinski definition) is 1. The smallest absolute Gasteiger partial charge is 0.251 e. The lowest BCUT2D eigenvalue weighted by Gasteiger charge is -2.18. The number of nitrogens with zero attached hydrogens (tertiary/aromatic N) is 2. The van der Waals surface area contributed by atoms with Gasteiger partial charge in [-0.05, 0) is 26.8 Å². The zero-order chi connectivity index (χ0) is 14.2. The third kappa shape index (κ3) is 2.58. The van der Waals surface area contributed by atoms with Crippen LogP contribution in [0.5, 0.6) is 0 Å². The Bertz CT molecular complexity index is 722. The minimum absolute atomic E-state index is 0.0109. The fourth-order valence-electron chi connectivity index (χ4n) is 1.92. The van der Waals surface area contributed by atoms with Crippen molar-refractivity contribution < 1.29 is 8.83 Å². The fraction of sp³-hybridized carbons (Fsp3) is 0.333. The number of hydrogen-bond acceptors (Lipinski definition) is 5. The maximum atomic E-state index is 5.69. The van der Waals surface area contributed by atoms with Crippen LogP contribution in [0.4, 0.5) is 0 Å². The second kappa shape index (κ2) is 4.76. The summed E-state index contributed by atoms with van der Waals surface area (Å²) in [5.74, 6) is 1.06. The van der Waals surface area contributed by atoms with Gasteiger partial charge in [-0.1, -0.05) is 18.2 Å². The van der Waals surface area contributed by atoms with Crippen LogP contribution in [-0.2, 0) is 6.54 Å². The Morgan fingerprint density at radius 1 is 1.15 bits per heavy atom. The molecule has 1 N–H and O–H groups in total. The van der Waals surface area contributed by atoms with Crippen molar-refractivity contribution in [3.8, 4) is 11.5 Å². The van der Waals surface area contributed by atoms with Gasteiger partial charge in [-0.15, -0.1) is 10.2 Å². The van der Waals surface area contributed by atoms with Crippen LogP contribution >= 0.6 is 0 Å². The van der Waals surface area contributed by atoms with Gasteiger partial charge < -0.3 is 14.2 Å². The van der Waals surface area contributed by atoms with Crippen molar-refractivity contribution in [2.45, 2.75) is 32.9 Å². The molecule has 0 unspecified atom stereocenters. The van der Waals surface area contributed by atoms with Crippen molar-refractivity contribution in [3.63, 3.8) is 0 Å². The molecule has 0 saturated carbocycles. The lowest BCUT2D eigenvalue weighted by Crippen LogP contribution is -2.35. The highest BCUT2D eigenvalue weighted by Gasteiger charge is 2.16. The molecule has 2 aromatic heterocycles. The molecule has 3 rings (SSSR count). The van der Waals surface area contributed by atoms with Crippen LogP contribution in [-0.4, -0.2) is 15.7 Å². The molecule has 0 bridgehead atoms. The molecule has 0 aliphatic carbocycles. The predicted octanol–water partition coefficient (Wildman–Crippen LogP) is 3.37. The molecule has 0 saturated heterocycles. The van der Waals surface area contributed by atoms with Crippen molar-refractivity contribution in [1.82, 2.24) is 15.5 Å². The first kappa shape index (κ1) is 12.9. The SMILES string of the molecule is CC(C)(C)NCc1nnc(-c2coc3ccccc23)o1. The van der Waals surface area contributed by atoms with E-state index in [0.717, 1.165) is 16.5 Å². The van der Waals surface area contributed by atoms with Crippen LogP contribution < -0.4 is 5.32 Å². The number of rotatable bonds is 3. The van der Waals surface area contributed by atoms with E-state index >= 15 is 0 Å². The summed E-state index contributed by atoms with van der Waals surface area (Å²) in [6.45, 7) is 6.82.